The van der Waals surface area contributed by atoms with Gasteiger partial charge in [0.25, 0.3) is 0 Å². The minimum absolute atomic E-state index is 0.263. The minimum Gasteiger partial charge on any atom is -0.480 e. The van der Waals surface area contributed by atoms with E-state index in [0.29, 0.717) is 5.41 Å². The van der Waals surface area contributed by atoms with Crippen LogP contribution in [0.25, 0.3) is 0 Å². The predicted molar refractivity (Wildman–Crippen MR) is 69.6 cm³/mol. The summed E-state index contributed by atoms with van der Waals surface area (Å²) in [5.74, 6) is -0.933. The number of ether oxygens (including phenoxy) is 1. The van der Waals surface area contributed by atoms with Crippen molar-refractivity contribution in [3.63, 3.8) is 0 Å². The Morgan fingerprint density at radius 1 is 1.61 bits per heavy atom. The van der Waals surface area contributed by atoms with Gasteiger partial charge in [0.15, 0.2) is 0 Å². The molecule has 5 nitrogen and oxygen atoms in total. The Labute approximate surface area is 117 Å². The first-order chi connectivity index (χ1) is 8.54. The summed E-state index contributed by atoms with van der Waals surface area (Å²) >= 11 is 4.86. The van der Waals surface area contributed by atoms with Gasteiger partial charge >= 0.3 is 5.97 Å². The number of carboxylic acid groups (broad SMARTS) is 1. The summed E-state index contributed by atoms with van der Waals surface area (Å²) in [5, 5.41) is 14.8. The Morgan fingerprint density at radius 2 is 2.33 bits per heavy atom. The van der Waals surface area contributed by atoms with Crippen molar-refractivity contribution in [2.45, 2.75) is 18.4 Å². The molecule has 0 aromatic carbocycles. The van der Waals surface area contributed by atoms with Gasteiger partial charge in [-0.25, -0.2) is 9.78 Å². The van der Waals surface area contributed by atoms with E-state index in [1.165, 1.54) is 11.3 Å². The number of nitrogens with zero attached hydrogens (tertiary/aromatic N) is 1. The highest BCUT2D eigenvalue weighted by Crippen LogP contribution is 2.58. The van der Waals surface area contributed by atoms with Crippen molar-refractivity contribution in [3.8, 4) is 0 Å². The maximum atomic E-state index is 10.7. The fourth-order valence-electron chi connectivity index (χ4n) is 2.87. The highest BCUT2D eigenvalue weighted by molar-refractivity contribution is 9.10. The molecule has 2 heterocycles. The third kappa shape index (κ3) is 1.99. The molecule has 1 aromatic heterocycles. The number of aromatic nitrogens is 1. The summed E-state index contributed by atoms with van der Waals surface area (Å²) in [6.07, 6.45) is 1.72. The molecule has 0 atom stereocenters. The highest BCUT2D eigenvalue weighted by atomic mass is 79.9. The summed E-state index contributed by atoms with van der Waals surface area (Å²) in [6.45, 7) is 1.73. The van der Waals surface area contributed by atoms with Gasteiger partial charge in [0, 0.05) is 23.9 Å². The Bertz CT molecular complexity index is 478. The van der Waals surface area contributed by atoms with Crippen LogP contribution in [0.5, 0.6) is 0 Å². The van der Waals surface area contributed by atoms with E-state index in [1.807, 2.05) is 5.38 Å². The molecule has 7 heteroatoms. The molecular formula is C11H13BrN2O3S. The molecule has 1 aliphatic carbocycles. The SMILES string of the molecule is O=C(O)COC1(c2nc(Br)cs2)CC2(CNC2)C1. The van der Waals surface area contributed by atoms with Gasteiger partial charge in [0.05, 0.1) is 0 Å². The monoisotopic (exact) mass is 332 g/mol. The molecule has 2 N–H and O–H groups in total. The smallest absolute Gasteiger partial charge is 0.329 e. The van der Waals surface area contributed by atoms with E-state index in [0.717, 1.165) is 35.5 Å². The fourth-order valence-corrected chi connectivity index (χ4v) is 4.27. The molecule has 0 unspecified atom stereocenters. The van der Waals surface area contributed by atoms with Crippen molar-refractivity contribution in [3.05, 3.63) is 15.0 Å². The van der Waals surface area contributed by atoms with Gasteiger partial charge in [-0.3, -0.25) is 0 Å². The largest absolute Gasteiger partial charge is 0.480 e. The number of thiazole rings is 1. The van der Waals surface area contributed by atoms with Crippen molar-refractivity contribution < 1.29 is 14.6 Å². The third-order valence-corrected chi connectivity index (χ3v) is 5.40. The summed E-state index contributed by atoms with van der Waals surface area (Å²) < 4.78 is 6.44. The molecule has 2 aliphatic rings. The second-order valence-corrected chi connectivity index (χ2v) is 6.78. The van der Waals surface area contributed by atoms with E-state index in [-0.39, 0.29) is 6.61 Å². The fraction of sp³-hybridized carbons (Fsp3) is 0.636. The van der Waals surface area contributed by atoms with E-state index in [4.69, 9.17) is 9.84 Å². The number of aliphatic carboxylic acids is 1. The van der Waals surface area contributed by atoms with Gasteiger partial charge in [-0.15, -0.1) is 11.3 Å². The first-order valence-corrected chi connectivity index (χ1v) is 7.39. The van der Waals surface area contributed by atoms with E-state index < -0.39 is 11.6 Å². The average molecular weight is 333 g/mol. The molecule has 18 heavy (non-hydrogen) atoms. The van der Waals surface area contributed by atoms with Gasteiger partial charge in [-0.05, 0) is 28.8 Å². The summed E-state index contributed by atoms with van der Waals surface area (Å²) in [4.78, 5) is 15.1. The molecule has 3 rings (SSSR count). The van der Waals surface area contributed by atoms with Crippen LogP contribution in [0.2, 0.25) is 0 Å². The number of rotatable bonds is 4. The van der Waals surface area contributed by atoms with Crippen LogP contribution in [0.4, 0.5) is 0 Å². The van der Waals surface area contributed by atoms with Crippen molar-refractivity contribution in [1.29, 1.82) is 0 Å². The molecule has 0 bridgehead atoms. The second kappa shape index (κ2) is 4.26. The summed E-state index contributed by atoms with van der Waals surface area (Å²) in [6, 6.07) is 0. The number of halogens is 1. The molecule has 0 radical (unpaired) electrons. The Hall–Kier alpha value is -0.500. The Morgan fingerprint density at radius 3 is 2.78 bits per heavy atom. The lowest BCUT2D eigenvalue weighted by Crippen LogP contribution is -2.66. The zero-order chi connectivity index (χ0) is 12.8. The normalized spacial score (nSPS) is 23.4. The van der Waals surface area contributed by atoms with E-state index in [9.17, 15) is 4.79 Å². The van der Waals surface area contributed by atoms with Crippen molar-refractivity contribution >= 4 is 33.2 Å². The quantitative estimate of drug-likeness (QED) is 0.876. The van der Waals surface area contributed by atoms with Crippen LogP contribution in [0.15, 0.2) is 9.98 Å². The van der Waals surface area contributed by atoms with E-state index in [1.54, 1.807) is 0 Å². The van der Waals surface area contributed by atoms with Crippen molar-refractivity contribution in [2.24, 2.45) is 5.41 Å². The zero-order valence-electron chi connectivity index (χ0n) is 9.61. The van der Waals surface area contributed by atoms with Crippen LogP contribution in [-0.4, -0.2) is 35.8 Å². The van der Waals surface area contributed by atoms with Gasteiger partial charge in [-0.2, -0.15) is 0 Å². The lowest BCUT2D eigenvalue weighted by Gasteiger charge is -2.59. The van der Waals surface area contributed by atoms with Gasteiger partial charge in [-0.1, -0.05) is 0 Å². The number of hydrogen-bond acceptors (Lipinski definition) is 5. The molecule has 1 spiro atoms. The summed E-state index contributed by atoms with van der Waals surface area (Å²) in [5.41, 5.74) is -0.187. The van der Waals surface area contributed by atoms with Crippen LogP contribution < -0.4 is 5.32 Å². The standard InChI is InChI=1S/C11H13BrN2O3S/c12-7-2-18-9(14-7)11(17-1-8(15)16)3-10(4-11)5-13-6-10/h2,13H,1,3-6H2,(H,15,16). The minimum atomic E-state index is -0.933. The molecular weight excluding hydrogens is 320 g/mol. The number of hydrogen-bond donors (Lipinski definition) is 2. The van der Waals surface area contributed by atoms with Crippen LogP contribution in [0.3, 0.4) is 0 Å². The Balaban J connectivity index is 1.78. The lowest BCUT2D eigenvalue weighted by atomic mass is 9.56. The maximum absolute atomic E-state index is 10.7. The number of carboxylic acids is 1. The molecule has 1 saturated carbocycles. The summed E-state index contributed by atoms with van der Waals surface area (Å²) in [7, 11) is 0. The van der Waals surface area contributed by atoms with Crippen molar-refractivity contribution in [1.82, 2.24) is 10.3 Å². The molecule has 1 aromatic rings. The second-order valence-electron chi connectivity index (χ2n) is 5.11. The van der Waals surface area contributed by atoms with Crippen LogP contribution in [0, 0.1) is 5.41 Å². The van der Waals surface area contributed by atoms with Crippen LogP contribution in [0.1, 0.15) is 17.8 Å². The van der Waals surface area contributed by atoms with Gasteiger partial charge in [0.2, 0.25) is 0 Å². The topological polar surface area (TPSA) is 71.5 Å². The first kappa shape index (κ1) is 12.5. The van der Waals surface area contributed by atoms with Gasteiger partial charge < -0.3 is 15.2 Å². The molecule has 98 valence electrons. The van der Waals surface area contributed by atoms with Crippen LogP contribution >= 0.6 is 27.3 Å². The lowest BCUT2D eigenvalue weighted by molar-refractivity contribution is -0.199. The average Bonchev–Trinajstić information content (AvgIpc) is 2.61. The molecule has 1 aliphatic heterocycles. The van der Waals surface area contributed by atoms with E-state index >= 15 is 0 Å². The third-order valence-electron chi connectivity index (χ3n) is 3.66. The number of carbonyl (C=O) groups is 1. The highest BCUT2D eigenvalue weighted by Gasteiger charge is 2.60. The maximum Gasteiger partial charge on any atom is 0.329 e. The molecule has 2 fully saturated rings. The Kier molecular flexibility index (Phi) is 2.97. The van der Waals surface area contributed by atoms with Gasteiger partial charge in [0.1, 0.15) is 21.8 Å². The predicted octanol–water partition coefficient (Wildman–Crippen LogP) is 1.59. The van der Waals surface area contributed by atoms with Crippen LogP contribution in [-0.2, 0) is 15.1 Å². The number of nitrogens with one attached hydrogen (secondary N) is 1. The zero-order valence-corrected chi connectivity index (χ0v) is 12.0. The van der Waals surface area contributed by atoms with Crippen molar-refractivity contribution in [2.75, 3.05) is 19.7 Å². The molecule has 0 amide bonds. The molecule has 1 saturated heterocycles. The van der Waals surface area contributed by atoms with E-state index in [2.05, 4.69) is 26.2 Å². The first-order valence-electron chi connectivity index (χ1n) is 5.72.